The van der Waals surface area contributed by atoms with E-state index >= 15 is 0 Å². The summed E-state index contributed by atoms with van der Waals surface area (Å²) in [6.45, 7) is 2.59. The van der Waals surface area contributed by atoms with E-state index in [1.807, 2.05) is 29.2 Å². The molecular weight excluding hydrogens is 424 g/mol. The maximum Gasteiger partial charge on any atom is 0.259 e. The topological polar surface area (TPSA) is 91.3 Å². The first-order valence-electron chi connectivity index (χ1n) is 9.40. The van der Waals surface area contributed by atoms with Crippen LogP contribution in [0.15, 0.2) is 48.1 Å². The highest BCUT2D eigenvalue weighted by Gasteiger charge is 2.22. The van der Waals surface area contributed by atoms with Crippen LogP contribution >= 0.6 is 22.9 Å². The standard InChI is InChI=1S/C20H19ClN6O2S/c21-16-4-2-1-3-14(16)11-18(28)27-9-7-26(8-10-27)17-6-5-15(12-22-17)19(29)24-20-25-23-13-30-20/h1-6,12-13H,7-11H2,(H,24,25,29). The van der Waals surface area contributed by atoms with Crippen LogP contribution in [-0.2, 0) is 11.2 Å². The average Bonchev–Trinajstić information content (AvgIpc) is 3.28. The number of benzene rings is 1. The molecule has 0 unspecified atom stereocenters. The van der Waals surface area contributed by atoms with Crippen molar-refractivity contribution in [3.05, 3.63) is 64.3 Å². The third kappa shape index (κ3) is 4.74. The lowest BCUT2D eigenvalue weighted by molar-refractivity contribution is -0.130. The predicted octanol–water partition coefficient (Wildman–Crippen LogP) is 2.73. The zero-order chi connectivity index (χ0) is 20.9. The molecule has 0 aliphatic carbocycles. The summed E-state index contributed by atoms with van der Waals surface area (Å²) in [5.74, 6) is 0.570. The van der Waals surface area contributed by atoms with Gasteiger partial charge in [0.05, 0.1) is 12.0 Å². The van der Waals surface area contributed by atoms with Crippen LogP contribution in [0, 0.1) is 0 Å². The van der Waals surface area contributed by atoms with Gasteiger partial charge in [-0.1, -0.05) is 41.1 Å². The largest absolute Gasteiger partial charge is 0.353 e. The van der Waals surface area contributed by atoms with Gasteiger partial charge in [-0.15, -0.1) is 10.2 Å². The fraction of sp³-hybridized carbons (Fsp3) is 0.250. The summed E-state index contributed by atoms with van der Waals surface area (Å²) in [5, 5.41) is 11.2. The first-order chi connectivity index (χ1) is 14.6. The van der Waals surface area contributed by atoms with Crippen molar-refractivity contribution in [3.63, 3.8) is 0 Å². The molecule has 3 heterocycles. The van der Waals surface area contributed by atoms with Crippen LogP contribution in [0.4, 0.5) is 10.9 Å². The van der Waals surface area contributed by atoms with Gasteiger partial charge < -0.3 is 9.80 Å². The molecule has 0 radical (unpaired) electrons. The Morgan fingerprint density at radius 1 is 1.10 bits per heavy atom. The Bertz CT molecular complexity index is 1020. The molecule has 4 rings (SSSR count). The molecule has 3 aromatic rings. The van der Waals surface area contributed by atoms with Crippen molar-refractivity contribution in [3.8, 4) is 0 Å². The van der Waals surface area contributed by atoms with Crippen molar-refractivity contribution < 1.29 is 9.59 Å². The summed E-state index contributed by atoms with van der Waals surface area (Å²) in [7, 11) is 0. The summed E-state index contributed by atoms with van der Waals surface area (Å²) >= 11 is 7.42. The SMILES string of the molecule is O=C(Nc1nncs1)c1ccc(N2CCN(C(=O)Cc3ccccc3Cl)CC2)nc1. The number of carbonyl (C=O) groups is 2. The van der Waals surface area contributed by atoms with E-state index in [1.54, 1.807) is 23.8 Å². The number of rotatable bonds is 5. The van der Waals surface area contributed by atoms with Crippen molar-refractivity contribution >= 4 is 45.7 Å². The normalized spacial score (nSPS) is 13.9. The molecule has 1 fully saturated rings. The van der Waals surface area contributed by atoms with Gasteiger partial charge in [-0.25, -0.2) is 4.98 Å². The van der Waals surface area contributed by atoms with Gasteiger partial charge in [-0.3, -0.25) is 14.9 Å². The number of piperazine rings is 1. The number of pyridine rings is 1. The molecule has 1 aliphatic heterocycles. The van der Waals surface area contributed by atoms with Gasteiger partial charge in [-0.05, 0) is 23.8 Å². The van der Waals surface area contributed by atoms with Gasteiger partial charge in [0.25, 0.3) is 5.91 Å². The number of amides is 2. The summed E-state index contributed by atoms with van der Waals surface area (Å²) in [6.07, 6.45) is 1.84. The Morgan fingerprint density at radius 2 is 1.90 bits per heavy atom. The van der Waals surface area contributed by atoms with Gasteiger partial charge >= 0.3 is 0 Å². The maximum atomic E-state index is 12.6. The second-order valence-electron chi connectivity index (χ2n) is 6.74. The van der Waals surface area contributed by atoms with E-state index in [0.29, 0.717) is 48.3 Å². The Morgan fingerprint density at radius 3 is 2.57 bits per heavy atom. The molecule has 0 bridgehead atoms. The molecule has 1 saturated heterocycles. The Labute approximate surface area is 182 Å². The minimum Gasteiger partial charge on any atom is -0.353 e. The molecule has 0 atom stereocenters. The monoisotopic (exact) mass is 442 g/mol. The van der Waals surface area contributed by atoms with Crippen LogP contribution in [0.5, 0.6) is 0 Å². The van der Waals surface area contributed by atoms with E-state index in [-0.39, 0.29) is 11.8 Å². The second kappa shape index (κ2) is 9.19. The van der Waals surface area contributed by atoms with Gasteiger partial charge in [0.15, 0.2) is 0 Å². The Kier molecular flexibility index (Phi) is 6.20. The summed E-state index contributed by atoms with van der Waals surface area (Å²) in [5.41, 5.74) is 2.84. The van der Waals surface area contributed by atoms with Crippen LogP contribution in [0.25, 0.3) is 0 Å². The van der Waals surface area contributed by atoms with Gasteiger partial charge in [0, 0.05) is 37.4 Å². The zero-order valence-electron chi connectivity index (χ0n) is 16.0. The molecule has 0 spiro atoms. The van der Waals surface area contributed by atoms with Gasteiger partial charge in [0.1, 0.15) is 11.3 Å². The van der Waals surface area contributed by atoms with Crippen LogP contribution in [0.1, 0.15) is 15.9 Å². The Balaban J connectivity index is 1.31. The van der Waals surface area contributed by atoms with Crippen molar-refractivity contribution in [1.29, 1.82) is 0 Å². The van der Waals surface area contributed by atoms with Gasteiger partial charge in [0.2, 0.25) is 11.0 Å². The lowest BCUT2D eigenvalue weighted by Gasteiger charge is -2.35. The molecule has 2 aromatic heterocycles. The van der Waals surface area contributed by atoms with Crippen LogP contribution in [-0.4, -0.2) is 58.1 Å². The van der Waals surface area contributed by atoms with Crippen molar-refractivity contribution in [2.75, 3.05) is 36.4 Å². The van der Waals surface area contributed by atoms with E-state index in [2.05, 4.69) is 25.4 Å². The number of carbonyl (C=O) groups excluding carboxylic acids is 2. The van der Waals surface area contributed by atoms with E-state index in [4.69, 9.17) is 11.6 Å². The lowest BCUT2D eigenvalue weighted by atomic mass is 10.1. The van der Waals surface area contributed by atoms with E-state index in [1.165, 1.54) is 11.3 Å². The quantitative estimate of drug-likeness (QED) is 0.653. The molecule has 1 aromatic carbocycles. The molecule has 1 aliphatic rings. The van der Waals surface area contributed by atoms with E-state index < -0.39 is 0 Å². The van der Waals surface area contributed by atoms with Crippen molar-refractivity contribution in [2.24, 2.45) is 0 Å². The number of nitrogens with one attached hydrogen (secondary N) is 1. The highest BCUT2D eigenvalue weighted by atomic mass is 35.5. The highest BCUT2D eigenvalue weighted by molar-refractivity contribution is 7.13. The average molecular weight is 443 g/mol. The molecule has 1 N–H and O–H groups in total. The molecule has 2 amide bonds. The third-order valence-corrected chi connectivity index (χ3v) is 5.82. The smallest absolute Gasteiger partial charge is 0.259 e. The second-order valence-corrected chi connectivity index (χ2v) is 7.98. The minimum atomic E-state index is -0.277. The number of hydrogen-bond acceptors (Lipinski definition) is 7. The fourth-order valence-electron chi connectivity index (χ4n) is 3.21. The van der Waals surface area contributed by atoms with E-state index in [0.717, 1.165) is 11.4 Å². The highest BCUT2D eigenvalue weighted by Crippen LogP contribution is 2.19. The lowest BCUT2D eigenvalue weighted by Crippen LogP contribution is -2.49. The zero-order valence-corrected chi connectivity index (χ0v) is 17.6. The summed E-state index contributed by atoms with van der Waals surface area (Å²) < 4.78 is 0. The predicted molar refractivity (Wildman–Crippen MR) is 116 cm³/mol. The molecule has 10 heteroatoms. The summed E-state index contributed by atoms with van der Waals surface area (Å²) in [6, 6.07) is 11.0. The van der Waals surface area contributed by atoms with Crippen LogP contribution in [0.2, 0.25) is 5.02 Å². The first kappa shape index (κ1) is 20.2. The number of hydrogen-bond donors (Lipinski definition) is 1. The van der Waals surface area contributed by atoms with Crippen LogP contribution < -0.4 is 10.2 Å². The maximum absolute atomic E-state index is 12.6. The van der Waals surface area contributed by atoms with Crippen molar-refractivity contribution in [2.45, 2.75) is 6.42 Å². The number of nitrogens with zero attached hydrogens (tertiary/aromatic N) is 5. The number of halogens is 1. The molecule has 0 saturated carbocycles. The third-order valence-electron chi connectivity index (χ3n) is 4.85. The Hall–Kier alpha value is -3.04. The fourth-order valence-corrected chi connectivity index (χ4v) is 3.85. The van der Waals surface area contributed by atoms with Gasteiger partial charge in [-0.2, -0.15) is 0 Å². The number of anilines is 2. The summed E-state index contributed by atoms with van der Waals surface area (Å²) in [4.78, 5) is 33.2. The van der Waals surface area contributed by atoms with Crippen LogP contribution in [0.3, 0.4) is 0 Å². The van der Waals surface area contributed by atoms with Crippen molar-refractivity contribution in [1.82, 2.24) is 20.1 Å². The molecule has 8 nitrogen and oxygen atoms in total. The van der Waals surface area contributed by atoms with E-state index in [9.17, 15) is 9.59 Å². The molecule has 154 valence electrons. The first-order valence-corrected chi connectivity index (χ1v) is 10.7. The molecular formula is C20H19ClN6O2S. The number of aromatic nitrogens is 3. The molecule has 30 heavy (non-hydrogen) atoms. The minimum absolute atomic E-state index is 0.0689.